The second kappa shape index (κ2) is 8.56. The molecular formula is C17H19ClN2O4S2. The molecule has 9 heteroatoms. The molecule has 140 valence electrons. The number of rotatable bonds is 6. The van der Waals surface area contributed by atoms with Crippen LogP contribution in [0.5, 0.6) is 5.75 Å². The van der Waals surface area contributed by atoms with E-state index in [-0.39, 0.29) is 22.9 Å². The summed E-state index contributed by atoms with van der Waals surface area (Å²) in [7, 11) is 1.57. The summed E-state index contributed by atoms with van der Waals surface area (Å²) in [5.41, 5.74) is 0.629. The molecule has 0 N–H and O–H groups in total. The number of carbonyl (C=O) groups excluding carboxylic acids is 2. The number of hydrogen-bond acceptors (Lipinski definition) is 7. The molecule has 2 heterocycles. The van der Waals surface area contributed by atoms with Crippen molar-refractivity contribution < 1.29 is 19.1 Å². The molecule has 1 fully saturated rings. The molecule has 1 aliphatic rings. The van der Waals surface area contributed by atoms with Crippen LogP contribution in [0.4, 0.5) is 5.13 Å². The minimum Gasteiger partial charge on any atom is -0.494 e. The number of carbonyl (C=O) groups is 2. The Balaban J connectivity index is 1.94. The third kappa shape index (κ3) is 4.31. The molecule has 0 bridgehead atoms. The zero-order valence-corrected chi connectivity index (χ0v) is 16.9. The molecule has 26 heavy (non-hydrogen) atoms. The second-order valence-electron chi connectivity index (χ2n) is 5.84. The summed E-state index contributed by atoms with van der Waals surface area (Å²) in [6.07, 6.45) is 1.86. The largest absolute Gasteiger partial charge is 0.494 e. The molecule has 0 radical (unpaired) electrons. The molecule has 1 saturated heterocycles. The highest BCUT2D eigenvalue weighted by molar-refractivity contribution is 8.14. The topological polar surface area (TPSA) is 68.7 Å². The van der Waals surface area contributed by atoms with Crippen molar-refractivity contribution >= 4 is 61.1 Å². The average molecular weight is 415 g/mol. The molecule has 0 aliphatic carbocycles. The van der Waals surface area contributed by atoms with E-state index in [4.69, 9.17) is 21.1 Å². The van der Waals surface area contributed by atoms with Crippen molar-refractivity contribution in [2.75, 3.05) is 30.9 Å². The Hall–Kier alpha value is -1.35. The zero-order chi connectivity index (χ0) is 18.7. The first-order valence-corrected chi connectivity index (χ1v) is 10.4. The molecule has 1 aromatic carbocycles. The number of benzene rings is 1. The molecule has 1 atom stereocenters. The number of amides is 1. The molecule has 2 aromatic rings. The number of thiazole rings is 1. The van der Waals surface area contributed by atoms with Gasteiger partial charge in [-0.3, -0.25) is 14.5 Å². The predicted octanol–water partition coefficient (Wildman–Crippen LogP) is 3.75. The number of thioether (sulfide) groups is 1. The van der Waals surface area contributed by atoms with Gasteiger partial charge in [0.15, 0.2) is 10.2 Å². The number of fused-ring (bicyclic) bond motifs is 1. The van der Waals surface area contributed by atoms with Gasteiger partial charge in [0.1, 0.15) is 11.3 Å². The Kier molecular flexibility index (Phi) is 6.39. The van der Waals surface area contributed by atoms with Crippen LogP contribution in [0.15, 0.2) is 12.1 Å². The van der Waals surface area contributed by atoms with Crippen molar-refractivity contribution in [3.05, 3.63) is 17.2 Å². The lowest BCUT2D eigenvalue weighted by atomic mass is 10.2. The van der Waals surface area contributed by atoms with Crippen LogP contribution in [-0.4, -0.2) is 48.1 Å². The Morgan fingerprint density at radius 1 is 1.50 bits per heavy atom. The van der Waals surface area contributed by atoms with Crippen molar-refractivity contribution in [3.8, 4) is 5.75 Å². The first-order chi connectivity index (χ1) is 12.5. The number of methoxy groups -OCH3 is 1. The molecule has 6 nitrogen and oxygen atoms in total. The maximum Gasteiger partial charge on any atom is 0.239 e. The molecule has 1 aliphatic heterocycles. The van der Waals surface area contributed by atoms with Crippen LogP contribution in [0, 0.1) is 0 Å². The van der Waals surface area contributed by atoms with Gasteiger partial charge in [-0.15, -0.1) is 0 Å². The van der Waals surface area contributed by atoms with Crippen molar-refractivity contribution in [3.63, 3.8) is 0 Å². The molecule has 1 amide bonds. The molecular weight excluding hydrogens is 396 g/mol. The van der Waals surface area contributed by atoms with Gasteiger partial charge in [0.05, 0.1) is 35.2 Å². The monoisotopic (exact) mass is 414 g/mol. The van der Waals surface area contributed by atoms with Gasteiger partial charge >= 0.3 is 0 Å². The summed E-state index contributed by atoms with van der Waals surface area (Å²) in [5, 5.41) is 1.01. The Morgan fingerprint density at radius 3 is 2.96 bits per heavy atom. The highest BCUT2D eigenvalue weighted by atomic mass is 35.5. The highest BCUT2D eigenvalue weighted by Gasteiger charge is 2.27. The number of nitrogens with zero attached hydrogens (tertiary/aromatic N) is 2. The van der Waals surface area contributed by atoms with E-state index in [2.05, 4.69) is 4.98 Å². The molecule has 1 unspecified atom stereocenters. The normalized spacial score (nSPS) is 16.8. The van der Waals surface area contributed by atoms with E-state index in [0.717, 1.165) is 29.3 Å². The first-order valence-electron chi connectivity index (χ1n) is 8.18. The van der Waals surface area contributed by atoms with Gasteiger partial charge in [0.25, 0.3) is 0 Å². The Bertz CT molecular complexity index is 820. The smallest absolute Gasteiger partial charge is 0.239 e. The summed E-state index contributed by atoms with van der Waals surface area (Å²) in [6, 6.07) is 3.51. The summed E-state index contributed by atoms with van der Waals surface area (Å²) < 4.78 is 11.8. The predicted molar refractivity (Wildman–Crippen MR) is 106 cm³/mol. The van der Waals surface area contributed by atoms with Crippen LogP contribution in [0.25, 0.3) is 10.2 Å². The van der Waals surface area contributed by atoms with Crippen LogP contribution < -0.4 is 9.64 Å². The minimum atomic E-state index is -0.171. The molecule has 0 spiro atoms. The van der Waals surface area contributed by atoms with E-state index in [1.165, 1.54) is 18.3 Å². The van der Waals surface area contributed by atoms with Crippen LogP contribution in [0.1, 0.15) is 19.8 Å². The van der Waals surface area contributed by atoms with Gasteiger partial charge in [0.2, 0.25) is 5.91 Å². The third-order valence-electron chi connectivity index (χ3n) is 4.01. The number of anilines is 1. The maximum atomic E-state index is 12.8. The maximum absolute atomic E-state index is 12.8. The average Bonchev–Trinajstić information content (AvgIpc) is 3.28. The fourth-order valence-electron chi connectivity index (χ4n) is 2.74. The number of aromatic nitrogens is 1. The fourth-order valence-corrected chi connectivity index (χ4v) is 4.51. The quantitative estimate of drug-likeness (QED) is 0.717. The van der Waals surface area contributed by atoms with E-state index in [0.29, 0.717) is 34.6 Å². The van der Waals surface area contributed by atoms with Gasteiger partial charge in [-0.05, 0) is 25.0 Å². The first kappa shape index (κ1) is 19.4. The summed E-state index contributed by atoms with van der Waals surface area (Å²) >= 11 is 8.63. The van der Waals surface area contributed by atoms with E-state index in [1.54, 1.807) is 24.1 Å². The van der Waals surface area contributed by atoms with E-state index in [1.807, 2.05) is 0 Å². The fraction of sp³-hybridized carbons (Fsp3) is 0.471. The van der Waals surface area contributed by atoms with Gasteiger partial charge in [-0.2, -0.15) is 0 Å². The van der Waals surface area contributed by atoms with Gasteiger partial charge in [0, 0.05) is 13.5 Å². The molecule has 1 aromatic heterocycles. The number of ether oxygens (including phenoxy) is 2. The van der Waals surface area contributed by atoms with Gasteiger partial charge in [-0.25, -0.2) is 4.98 Å². The number of hydrogen-bond donors (Lipinski definition) is 0. The third-order valence-corrected chi connectivity index (χ3v) is 6.34. The van der Waals surface area contributed by atoms with Crippen LogP contribution in [0.2, 0.25) is 5.02 Å². The Morgan fingerprint density at radius 2 is 2.31 bits per heavy atom. The molecule has 0 saturated carbocycles. The summed E-state index contributed by atoms with van der Waals surface area (Å²) in [6.45, 7) is 2.57. The van der Waals surface area contributed by atoms with E-state index < -0.39 is 0 Å². The lowest BCUT2D eigenvalue weighted by Crippen LogP contribution is -2.38. The van der Waals surface area contributed by atoms with Crippen molar-refractivity contribution in [1.82, 2.24) is 4.98 Å². The van der Waals surface area contributed by atoms with Gasteiger partial charge in [-0.1, -0.05) is 34.7 Å². The second-order valence-corrected chi connectivity index (χ2v) is 8.38. The number of halogens is 1. The summed E-state index contributed by atoms with van der Waals surface area (Å²) in [5.74, 6) is 0.507. The van der Waals surface area contributed by atoms with Crippen LogP contribution >= 0.6 is 34.7 Å². The van der Waals surface area contributed by atoms with Crippen LogP contribution in [-0.2, 0) is 14.3 Å². The lowest BCUT2D eigenvalue weighted by Gasteiger charge is -2.22. The molecule has 3 rings (SSSR count). The van der Waals surface area contributed by atoms with E-state index in [9.17, 15) is 9.59 Å². The van der Waals surface area contributed by atoms with E-state index >= 15 is 0 Å². The highest BCUT2D eigenvalue weighted by Crippen LogP contribution is 2.39. The zero-order valence-electron chi connectivity index (χ0n) is 14.5. The SMILES string of the molecule is COc1ccc(Cl)c2sc(N(CC3CCCO3)C(=O)CSC(C)=O)nc12. The van der Waals surface area contributed by atoms with Crippen molar-refractivity contribution in [2.45, 2.75) is 25.9 Å². The minimum absolute atomic E-state index is 0.0225. The summed E-state index contributed by atoms with van der Waals surface area (Å²) in [4.78, 5) is 30.2. The van der Waals surface area contributed by atoms with Crippen molar-refractivity contribution in [1.29, 1.82) is 0 Å². The Labute approximate surface area is 164 Å². The standard InChI is InChI=1S/C17H19ClN2O4S2/c1-10(21)25-9-14(22)20(8-11-4-3-7-24-11)17-19-15-13(23-2)6-5-12(18)16(15)26-17/h5-6,11H,3-4,7-9H2,1-2H3. The van der Waals surface area contributed by atoms with Crippen molar-refractivity contribution in [2.24, 2.45) is 0 Å². The lowest BCUT2D eigenvalue weighted by molar-refractivity contribution is -0.117. The van der Waals surface area contributed by atoms with Crippen LogP contribution in [0.3, 0.4) is 0 Å². The van der Waals surface area contributed by atoms with Gasteiger partial charge < -0.3 is 9.47 Å².